The number of aliphatic carboxylic acids is 1. The number of rotatable bonds is 12. The summed E-state index contributed by atoms with van der Waals surface area (Å²) >= 11 is 0. The molecule has 160 valence electrons. The number of pyridine rings is 1. The molecule has 0 saturated heterocycles. The van der Waals surface area contributed by atoms with Crippen molar-refractivity contribution in [2.75, 3.05) is 25.4 Å². The average molecular weight is 412 g/mol. The number of carboxylic acids is 1. The van der Waals surface area contributed by atoms with Crippen molar-refractivity contribution in [1.82, 2.24) is 15.2 Å². The lowest BCUT2D eigenvalue weighted by atomic mass is 10.1. The molecule has 0 radical (unpaired) electrons. The van der Waals surface area contributed by atoms with Crippen LogP contribution in [0, 0.1) is 0 Å². The summed E-state index contributed by atoms with van der Waals surface area (Å²) in [6.45, 7) is 0.364. The highest BCUT2D eigenvalue weighted by Crippen LogP contribution is 2.09. The molecule has 0 spiro atoms. The van der Waals surface area contributed by atoms with Gasteiger partial charge in [0.15, 0.2) is 0 Å². The minimum atomic E-state index is -0.982. The number of carbonyl (C=O) groups excluding carboxylic acids is 2. The number of nitrogen functional groups attached to an aromatic ring is 1. The predicted octanol–water partition coefficient (Wildman–Crippen LogP) is 1.65. The van der Waals surface area contributed by atoms with E-state index in [1.807, 2.05) is 36.4 Å². The van der Waals surface area contributed by atoms with Crippen molar-refractivity contribution >= 4 is 23.6 Å². The van der Waals surface area contributed by atoms with Crippen LogP contribution in [0.4, 0.5) is 5.82 Å². The SMILES string of the molecule is Nc1cc(CCCC(=O)N(CCc2ccccc2)CC(=O)NCCC(=O)O)ccn1. The smallest absolute Gasteiger partial charge is 0.305 e. The highest BCUT2D eigenvalue weighted by molar-refractivity contribution is 5.85. The van der Waals surface area contributed by atoms with Crippen LogP contribution >= 0.6 is 0 Å². The molecule has 0 saturated carbocycles. The fourth-order valence-corrected chi connectivity index (χ4v) is 2.99. The Morgan fingerprint density at radius 1 is 1.03 bits per heavy atom. The lowest BCUT2D eigenvalue weighted by molar-refractivity contribution is -0.138. The van der Waals surface area contributed by atoms with Gasteiger partial charge in [0.2, 0.25) is 11.8 Å². The Morgan fingerprint density at radius 2 is 1.80 bits per heavy atom. The standard InChI is InChI=1S/C22H28N4O4/c23-19-15-18(9-12-24-19)7-4-8-21(28)26(14-11-17-5-2-1-3-6-17)16-20(27)25-13-10-22(29)30/h1-3,5-6,9,12,15H,4,7-8,10-11,13-14,16H2,(H2,23,24)(H,25,27)(H,29,30). The number of nitrogens with zero attached hydrogens (tertiary/aromatic N) is 2. The van der Waals surface area contributed by atoms with Crippen LogP contribution in [0.2, 0.25) is 0 Å². The van der Waals surface area contributed by atoms with Gasteiger partial charge in [-0.1, -0.05) is 30.3 Å². The lowest BCUT2D eigenvalue weighted by Gasteiger charge is -2.22. The Morgan fingerprint density at radius 3 is 2.50 bits per heavy atom. The van der Waals surface area contributed by atoms with E-state index in [-0.39, 0.29) is 31.3 Å². The van der Waals surface area contributed by atoms with Crippen LogP contribution in [0.3, 0.4) is 0 Å². The summed E-state index contributed by atoms with van der Waals surface area (Å²) in [5, 5.41) is 11.2. The molecular formula is C22H28N4O4. The Bertz CT molecular complexity index is 842. The van der Waals surface area contributed by atoms with Crippen molar-refractivity contribution in [2.24, 2.45) is 0 Å². The van der Waals surface area contributed by atoms with Crippen molar-refractivity contribution < 1.29 is 19.5 Å². The second kappa shape index (κ2) is 12.2. The van der Waals surface area contributed by atoms with E-state index < -0.39 is 5.97 Å². The molecule has 8 nitrogen and oxygen atoms in total. The molecule has 30 heavy (non-hydrogen) atoms. The van der Waals surface area contributed by atoms with E-state index in [9.17, 15) is 14.4 Å². The van der Waals surface area contributed by atoms with Crippen LogP contribution in [-0.4, -0.2) is 52.4 Å². The van der Waals surface area contributed by atoms with Gasteiger partial charge in [0.25, 0.3) is 0 Å². The molecule has 4 N–H and O–H groups in total. The molecule has 0 fully saturated rings. The molecule has 1 aromatic carbocycles. The van der Waals surface area contributed by atoms with Gasteiger partial charge in [-0.25, -0.2) is 4.98 Å². The maximum Gasteiger partial charge on any atom is 0.305 e. The third kappa shape index (κ3) is 8.72. The van der Waals surface area contributed by atoms with Gasteiger partial charge in [0, 0.05) is 25.7 Å². The fourth-order valence-electron chi connectivity index (χ4n) is 2.99. The van der Waals surface area contributed by atoms with E-state index in [1.54, 1.807) is 12.3 Å². The number of aryl methyl sites for hydroxylation is 1. The average Bonchev–Trinajstić information content (AvgIpc) is 2.71. The number of carbonyl (C=O) groups is 3. The number of benzene rings is 1. The molecule has 2 aromatic rings. The Labute approximate surface area is 176 Å². The Hall–Kier alpha value is -3.42. The maximum absolute atomic E-state index is 12.8. The quantitative estimate of drug-likeness (QED) is 0.487. The van der Waals surface area contributed by atoms with Crippen molar-refractivity contribution in [1.29, 1.82) is 0 Å². The molecule has 0 aliphatic rings. The lowest BCUT2D eigenvalue weighted by Crippen LogP contribution is -2.42. The van der Waals surface area contributed by atoms with Crippen molar-refractivity contribution in [3.63, 3.8) is 0 Å². The summed E-state index contributed by atoms with van der Waals surface area (Å²) in [5.74, 6) is -1.01. The van der Waals surface area contributed by atoms with Gasteiger partial charge in [-0.15, -0.1) is 0 Å². The largest absolute Gasteiger partial charge is 0.481 e. The number of nitrogens with two attached hydrogens (primary N) is 1. The third-order valence-electron chi connectivity index (χ3n) is 4.56. The van der Waals surface area contributed by atoms with Crippen molar-refractivity contribution in [3.05, 3.63) is 59.8 Å². The van der Waals surface area contributed by atoms with Crippen LogP contribution in [0.1, 0.15) is 30.4 Å². The first kappa shape index (κ1) is 22.9. The Kier molecular flexibility index (Phi) is 9.30. The van der Waals surface area contributed by atoms with Crippen LogP contribution in [0.5, 0.6) is 0 Å². The van der Waals surface area contributed by atoms with Crippen molar-refractivity contribution in [3.8, 4) is 0 Å². The van der Waals surface area contributed by atoms with Crippen LogP contribution in [0.25, 0.3) is 0 Å². The van der Waals surface area contributed by atoms with E-state index in [1.165, 1.54) is 4.90 Å². The van der Waals surface area contributed by atoms with E-state index in [4.69, 9.17) is 10.8 Å². The first-order valence-electron chi connectivity index (χ1n) is 9.94. The second-order valence-electron chi connectivity index (χ2n) is 6.99. The maximum atomic E-state index is 12.8. The van der Waals surface area contributed by atoms with E-state index >= 15 is 0 Å². The molecule has 8 heteroatoms. The molecule has 1 aromatic heterocycles. The molecular weight excluding hydrogens is 384 g/mol. The monoisotopic (exact) mass is 412 g/mol. The summed E-state index contributed by atoms with van der Waals surface area (Å²) < 4.78 is 0. The number of hydrogen-bond donors (Lipinski definition) is 3. The number of carboxylic acid groups (broad SMARTS) is 1. The molecule has 2 rings (SSSR count). The minimum Gasteiger partial charge on any atom is -0.481 e. The Balaban J connectivity index is 1.89. The van der Waals surface area contributed by atoms with E-state index in [0.717, 1.165) is 11.1 Å². The summed E-state index contributed by atoms with van der Waals surface area (Å²) in [5.41, 5.74) is 7.77. The second-order valence-corrected chi connectivity index (χ2v) is 6.99. The molecule has 2 amide bonds. The van der Waals surface area contributed by atoms with Crippen LogP contribution < -0.4 is 11.1 Å². The van der Waals surface area contributed by atoms with Gasteiger partial charge in [0.05, 0.1) is 13.0 Å². The fraction of sp³-hybridized carbons (Fsp3) is 0.364. The number of nitrogens with one attached hydrogen (secondary N) is 1. The molecule has 0 atom stereocenters. The number of anilines is 1. The highest BCUT2D eigenvalue weighted by atomic mass is 16.4. The van der Waals surface area contributed by atoms with Crippen LogP contribution in [-0.2, 0) is 27.2 Å². The molecule has 1 heterocycles. The predicted molar refractivity (Wildman–Crippen MR) is 114 cm³/mol. The van der Waals surface area contributed by atoms with Gasteiger partial charge in [-0.2, -0.15) is 0 Å². The van der Waals surface area contributed by atoms with E-state index in [2.05, 4.69) is 10.3 Å². The third-order valence-corrected chi connectivity index (χ3v) is 4.56. The van der Waals surface area contributed by atoms with Gasteiger partial charge >= 0.3 is 5.97 Å². The number of hydrogen-bond acceptors (Lipinski definition) is 5. The normalized spacial score (nSPS) is 10.4. The topological polar surface area (TPSA) is 126 Å². The van der Waals surface area contributed by atoms with E-state index in [0.29, 0.717) is 38.0 Å². The summed E-state index contributed by atoms with van der Waals surface area (Å²) in [6.07, 6.45) is 3.74. The van der Waals surface area contributed by atoms with Gasteiger partial charge in [-0.05, 0) is 42.5 Å². The summed E-state index contributed by atoms with van der Waals surface area (Å²) in [4.78, 5) is 41.0. The summed E-state index contributed by atoms with van der Waals surface area (Å²) in [6, 6.07) is 13.4. The number of amides is 2. The first-order valence-corrected chi connectivity index (χ1v) is 9.94. The van der Waals surface area contributed by atoms with Gasteiger partial charge in [-0.3, -0.25) is 14.4 Å². The first-order chi connectivity index (χ1) is 14.4. The number of aromatic nitrogens is 1. The van der Waals surface area contributed by atoms with Gasteiger partial charge in [0.1, 0.15) is 5.82 Å². The molecule has 0 bridgehead atoms. The zero-order valence-corrected chi connectivity index (χ0v) is 16.9. The zero-order valence-electron chi connectivity index (χ0n) is 16.9. The zero-order chi connectivity index (χ0) is 21.8. The highest BCUT2D eigenvalue weighted by Gasteiger charge is 2.17. The minimum absolute atomic E-state index is 0.0400. The summed E-state index contributed by atoms with van der Waals surface area (Å²) in [7, 11) is 0. The van der Waals surface area contributed by atoms with Crippen molar-refractivity contribution in [2.45, 2.75) is 32.1 Å². The van der Waals surface area contributed by atoms with Crippen LogP contribution in [0.15, 0.2) is 48.7 Å². The molecule has 0 unspecified atom stereocenters. The molecule has 0 aliphatic carbocycles. The van der Waals surface area contributed by atoms with Gasteiger partial charge < -0.3 is 21.1 Å². The molecule has 0 aliphatic heterocycles.